The first-order chi connectivity index (χ1) is 6.22. The molecule has 0 fully saturated rings. The maximum Gasteiger partial charge on any atom is 0.168 e. The maximum atomic E-state index is 10.4. The number of methoxy groups -OCH3 is 1. The number of phenols is 1. The molecule has 0 unspecified atom stereocenters. The van der Waals surface area contributed by atoms with E-state index in [9.17, 15) is 14.8 Å². The fourth-order valence-electron chi connectivity index (χ4n) is 0.912. The summed E-state index contributed by atoms with van der Waals surface area (Å²) in [5, 5.41) is 11.9. The molecule has 1 N–H and O–H groups in total. The molecule has 1 aromatic carbocycles. The third kappa shape index (κ3) is 1.64. The zero-order valence-electron chi connectivity index (χ0n) is 6.85. The van der Waals surface area contributed by atoms with Crippen LogP contribution < -0.4 is 4.74 Å². The molecule has 0 aromatic heterocycles. The summed E-state index contributed by atoms with van der Waals surface area (Å²) in [6, 6.07) is 2.42. The van der Waals surface area contributed by atoms with Crippen molar-refractivity contribution in [3.63, 3.8) is 0 Å². The Morgan fingerprint density at radius 1 is 1.54 bits per heavy atom. The van der Waals surface area contributed by atoms with Gasteiger partial charge in [0.2, 0.25) is 0 Å². The lowest BCUT2D eigenvalue weighted by molar-refractivity contribution is 0.112. The zero-order chi connectivity index (χ0) is 9.84. The van der Waals surface area contributed by atoms with Gasteiger partial charge in [0.15, 0.2) is 17.8 Å². The molecule has 0 bridgehead atoms. The van der Waals surface area contributed by atoms with Gasteiger partial charge in [-0.3, -0.25) is 4.79 Å². The fourth-order valence-corrected chi connectivity index (χ4v) is 0.912. The first-order valence-corrected chi connectivity index (χ1v) is 3.42. The molecular weight excluding hydrogens is 174 g/mol. The largest absolute Gasteiger partial charge is 0.504 e. The molecule has 0 atom stereocenters. The lowest BCUT2D eigenvalue weighted by Gasteiger charge is -2.04. The van der Waals surface area contributed by atoms with E-state index in [1.165, 1.54) is 19.2 Å². The topological polar surface area (TPSA) is 76.0 Å². The smallest absolute Gasteiger partial charge is 0.168 e. The molecule has 0 radical (unpaired) electrons. The van der Waals surface area contributed by atoms with Gasteiger partial charge in [0.25, 0.3) is 0 Å². The molecule has 0 amide bonds. The number of carbonyl (C=O) groups is 1. The average molecular weight is 181 g/mol. The van der Waals surface area contributed by atoms with Crippen molar-refractivity contribution in [2.45, 2.75) is 0 Å². The number of hydrogen-bond acceptors (Lipinski definition) is 5. The minimum atomic E-state index is -0.287. The highest BCUT2D eigenvalue weighted by atomic mass is 16.5. The van der Waals surface area contributed by atoms with Crippen molar-refractivity contribution in [3.05, 3.63) is 22.6 Å². The molecule has 0 aliphatic heterocycles. The van der Waals surface area contributed by atoms with Gasteiger partial charge in [-0.05, 0) is 11.2 Å². The van der Waals surface area contributed by atoms with E-state index in [4.69, 9.17) is 4.74 Å². The van der Waals surface area contributed by atoms with Crippen molar-refractivity contribution < 1.29 is 14.6 Å². The second kappa shape index (κ2) is 3.66. The SMILES string of the molecule is COc1cc(N=O)cc(C=O)c1O. The van der Waals surface area contributed by atoms with Crippen LogP contribution in [-0.2, 0) is 0 Å². The molecule has 0 saturated heterocycles. The standard InChI is InChI=1S/C8H7NO4/c1-13-7-3-6(9-12)2-5(4-10)8(7)11/h2-4,11H,1H3. The monoisotopic (exact) mass is 181 g/mol. The Balaban J connectivity index is 3.36. The molecule has 68 valence electrons. The van der Waals surface area contributed by atoms with Gasteiger partial charge >= 0.3 is 0 Å². The number of aromatic hydroxyl groups is 1. The van der Waals surface area contributed by atoms with E-state index in [-0.39, 0.29) is 22.7 Å². The summed E-state index contributed by atoms with van der Waals surface area (Å²) in [5.74, 6) is -0.232. The van der Waals surface area contributed by atoms with Crippen LogP contribution >= 0.6 is 0 Å². The van der Waals surface area contributed by atoms with E-state index >= 15 is 0 Å². The van der Waals surface area contributed by atoms with Crippen LogP contribution in [0.4, 0.5) is 5.69 Å². The molecule has 5 nitrogen and oxygen atoms in total. The number of hydrogen-bond donors (Lipinski definition) is 1. The van der Waals surface area contributed by atoms with Crippen molar-refractivity contribution in [1.29, 1.82) is 0 Å². The second-order valence-electron chi connectivity index (χ2n) is 2.30. The molecule has 1 aromatic rings. The van der Waals surface area contributed by atoms with Crippen LogP contribution in [0.1, 0.15) is 10.4 Å². The summed E-state index contributed by atoms with van der Waals surface area (Å²) in [6.45, 7) is 0. The lowest BCUT2D eigenvalue weighted by atomic mass is 10.2. The van der Waals surface area contributed by atoms with Crippen molar-refractivity contribution >= 4 is 12.0 Å². The van der Waals surface area contributed by atoms with E-state index in [0.717, 1.165) is 0 Å². The number of benzene rings is 1. The van der Waals surface area contributed by atoms with Crippen LogP contribution in [-0.4, -0.2) is 18.5 Å². The number of carbonyl (C=O) groups excluding carboxylic acids is 1. The van der Waals surface area contributed by atoms with Crippen molar-refractivity contribution in [2.75, 3.05) is 7.11 Å². The van der Waals surface area contributed by atoms with Crippen LogP contribution in [0.2, 0.25) is 0 Å². The summed E-state index contributed by atoms with van der Waals surface area (Å²) < 4.78 is 4.72. The predicted octanol–water partition coefficient (Wildman–Crippen LogP) is 1.61. The number of nitroso groups, excluding NO2 is 1. The molecular formula is C8H7NO4. The minimum absolute atomic E-state index is 0.0195. The fraction of sp³-hybridized carbons (Fsp3) is 0.125. The van der Waals surface area contributed by atoms with Crippen molar-refractivity contribution in [2.24, 2.45) is 5.18 Å². The number of phenolic OH excluding ortho intramolecular Hbond substituents is 1. The Hall–Kier alpha value is -1.91. The van der Waals surface area contributed by atoms with Gasteiger partial charge < -0.3 is 9.84 Å². The molecule has 0 saturated carbocycles. The van der Waals surface area contributed by atoms with Crippen molar-refractivity contribution in [1.82, 2.24) is 0 Å². The number of ether oxygens (including phenoxy) is 1. The highest BCUT2D eigenvalue weighted by Crippen LogP contribution is 2.33. The minimum Gasteiger partial charge on any atom is -0.504 e. The van der Waals surface area contributed by atoms with Gasteiger partial charge in [-0.1, -0.05) is 0 Å². The molecule has 0 heterocycles. The average Bonchev–Trinajstić information content (AvgIpc) is 2.18. The van der Waals surface area contributed by atoms with Gasteiger partial charge in [-0.15, -0.1) is 4.91 Å². The number of aldehydes is 1. The third-order valence-corrected chi connectivity index (χ3v) is 1.54. The summed E-state index contributed by atoms with van der Waals surface area (Å²) in [4.78, 5) is 20.6. The highest BCUT2D eigenvalue weighted by molar-refractivity contribution is 5.83. The third-order valence-electron chi connectivity index (χ3n) is 1.54. The number of rotatable bonds is 3. The van der Waals surface area contributed by atoms with Gasteiger partial charge in [-0.2, -0.15) is 0 Å². The van der Waals surface area contributed by atoms with E-state index in [1.54, 1.807) is 0 Å². The number of nitrogens with zero attached hydrogens (tertiary/aromatic N) is 1. The molecule has 0 aliphatic rings. The van der Waals surface area contributed by atoms with E-state index in [1.807, 2.05) is 0 Å². The van der Waals surface area contributed by atoms with E-state index < -0.39 is 0 Å². The second-order valence-corrected chi connectivity index (χ2v) is 2.30. The predicted molar refractivity (Wildman–Crippen MR) is 45.5 cm³/mol. The van der Waals surface area contributed by atoms with E-state index in [2.05, 4.69) is 5.18 Å². The Kier molecular flexibility index (Phi) is 2.59. The molecule has 13 heavy (non-hydrogen) atoms. The molecule has 0 aliphatic carbocycles. The van der Waals surface area contributed by atoms with E-state index in [0.29, 0.717) is 6.29 Å². The summed E-state index contributed by atoms with van der Waals surface area (Å²) >= 11 is 0. The summed E-state index contributed by atoms with van der Waals surface area (Å²) in [5.41, 5.74) is 0.0192. The Labute approximate surface area is 73.9 Å². The van der Waals surface area contributed by atoms with Gasteiger partial charge in [0.05, 0.1) is 12.7 Å². The Morgan fingerprint density at radius 3 is 2.69 bits per heavy atom. The molecule has 5 heteroatoms. The summed E-state index contributed by atoms with van der Waals surface area (Å²) in [7, 11) is 1.32. The van der Waals surface area contributed by atoms with Crippen LogP contribution in [0.5, 0.6) is 11.5 Å². The van der Waals surface area contributed by atoms with Gasteiger partial charge in [-0.25, -0.2) is 0 Å². The van der Waals surface area contributed by atoms with Crippen molar-refractivity contribution in [3.8, 4) is 11.5 Å². The van der Waals surface area contributed by atoms with Crippen LogP contribution in [0, 0.1) is 4.91 Å². The van der Waals surface area contributed by atoms with Crippen LogP contribution in [0.25, 0.3) is 0 Å². The highest BCUT2D eigenvalue weighted by Gasteiger charge is 2.09. The zero-order valence-corrected chi connectivity index (χ0v) is 6.85. The molecule has 1 rings (SSSR count). The molecule has 0 spiro atoms. The normalized spacial score (nSPS) is 9.31. The maximum absolute atomic E-state index is 10.4. The lowest BCUT2D eigenvalue weighted by Crippen LogP contribution is -1.88. The van der Waals surface area contributed by atoms with Crippen LogP contribution in [0.15, 0.2) is 17.3 Å². The Morgan fingerprint density at radius 2 is 2.23 bits per heavy atom. The first-order valence-electron chi connectivity index (χ1n) is 3.42. The van der Waals surface area contributed by atoms with Gasteiger partial charge in [0.1, 0.15) is 5.69 Å². The quantitative estimate of drug-likeness (QED) is 0.567. The van der Waals surface area contributed by atoms with Gasteiger partial charge in [0, 0.05) is 6.07 Å². The first kappa shape index (κ1) is 9.18. The summed E-state index contributed by atoms with van der Waals surface area (Å²) in [6.07, 6.45) is 0.423. The van der Waals surface area contributed by atoms with Crippen LogP contribution in [0.3, 0.4) is 0 Å². The Bertz CT molecular complexity index is 348.